The molecule has 0 fully saturated rings. The third-order valence-electron chi connectivity index (χ3n) is 2.44. The van der Waals surface area contributed by atoms with E-state index in [0.29, 0.717) is 0 Å². The Kier molecular flexibility index (Phi) is 2.55. The number of aromatic nitrogens is 2. The molecule has 0 bridgehead atoms. The Balaban J connectivity index is 2.42. The first-order valence-corrected chi connectivity index (χ1v) is 4.81. The molecule has 0 saturated heterocycles. The number of rotatable bonds is 1. The van der Waals surface area contributed by atoms with Gasteiger partial charge in [0, 0.05) is 23.5 Å². The average Bonchev–Trinajstić information content (AvgIpc) is 2.30. The van der Waals surface area contributed by atoms with Gasteiger partial charge in [-0.2, -0.15) is 5.26 Å². The molecule has 70 valence electrons. The largest absolute Gasteiger partial charge is 0.237 e. The Bertz CT molecular complexity index is 387. The summed E-state index contributed by atoms with van der Waals surface area (Å²) in [6.45, 7) is 0. The van der Waals surface area contributed by atoms with Crippen molar-refractivity contribution in [2.45, 2.75) is 25.7 Å². The van der Waals surface area contributed by atoms with Gasteiger partial charge in [0.2, 0.25) is 0 Å². The molecule has 0 amide bonds. The minimum Gasteiger partial charge on any atom is -0.237 e. The number of hydrogen-bond acceptors (Lipinski definition) is 3. The fourth-order valence-corrected chi connectivity index (χ4v) is 1.73. The normalized spacial score (nSPS) is 16.5. The van der Waals surface area contributed by atoms with E-state index in [9.17, 15) is 0 Å². The summed E-state index contributed by atoms with van der Waals surface area (Å²) in [5.74, 6) is 0.726. The molecule has 1 aliphatic rings. The quantitative estimate of drug-likeness (QED) is 0.674. The van der Waals surface area contributed by atoms with Gasteiger partial charge in [-0.25, -0.2) is 9.97 Å². The number of hydrogen-bond donors (Lipinski definition) is 0. The zero-order valence-electron chi connectivity index (χ0n) is 7.90. The van der Waals surface area contributed by atoms with E-state index >= 15 is 0 Å². The fraction of sp³-hybridized carbons (Fsp3) is 0.364. The zero-order valence-corrected chi connectivity index (χ0v) is 7.90. The van der Waals surface area contributed by atoms with Gasteiger partial charge >= 0.3 is 0 Å². The van der Waals surface area contributed by atoms with Gasteiger partial charge in [-0.1, -0.05) is 0 Å². The lowest BCUT2D eigenvalue weighted by molar-refractivity contribution is 0.721. The van der Waals surface area contributed by atoms with Crippen LogP contribution in [0.25, 0.3) is 5.57 Å². The lowest BCUT2D eigenvalue weighted by atomic mass is 9.92. The van der Waals surface area contributed by atoms with E-state index < -0.39 is 0 Å². The Morgan fingerprint density at radius 3 is 2.57 bits per heavy atom. The number of allylic oxidation sites excluding steroid dienone is 2. The molecule has 0 saturated carbocycles. The topological polar surface area (TPSA) is 49.6 Å². The van der Waals surface area contributed by atoms with Crippen LogP contribution < -0.4 is 0 Å². The van der Waals surface area contributed by atoms with Crippen molar-refractivity contribution in [1.82, 2.24) is 9.97 Å². The van der Waals surface area contributed by atoms with E-state index in [4.69, 9.17) is 5.26 Å². The van der Waals surface area contributed by atoms with E-state index in [1.54, 1.807) is 18.5 Å². The first-order valence-electron chi connectivity index (χ1n) is 4.81. The van der Waals surface area contributed by atoms with E-state index in [-0.39, 0.29) is 0 Å². The van der Waals surface area contributed by atoms with Gasteiger partial charge in [0.25, 0.3) is 0 Å². The van der Waals surface area contributed by atoms with E-state index in [0.717, 1.165) is 42.7 Å². The van der Waals surface area contributed by atoms with Crippen LogP contribution >= 0.6 is 0 Å². The SMILES string of the molecule is N#CC1=C(c2ncccn2)CCCC1. The van der Waals surface area contributed by atoms with Gasteiger partial charge in [0.1, 0.15) is 0 Å². The third kappa shape index (κ3) is 1.64. The van der Waals surface area contributed by atoms with Crippen LogP contribution in [0.2, 0.25) is 0 Å². The number of nitriles is 1. The number of nitrogens with zero attached hydrogens (tertiary/aromatic N) is 3. The van der Waals surface area contributed by atoms with E-state index in [1.807, 2.05) is 0 Å². The van der Waals surface area contributed by atoms with E-state index in [2.05, 4.69) is 16.0 Å². The molecule has 2 rings (SSSR count). The van der Waals surface area contributed by atoms with Crippen LogP contribution in [-0.2, 0) is 0 Å². The van der Waals surface area contributed by atoms with Crippen LogP contribution in [-0.4, -0.2) is 9.97 Å². The molecule has 1 aromatic heterocycles. The summed E-state index contributed by atoms with van der Waals surface area (Å²) < 4.78 is 0. The summed E-state index contributed by atoms with van der Waals surface area (Å²) in [5, 5.41) is 8.96. The molecule has 3 heteroatoms. The standard InChI is InChI=1S/C11H11N3/c12-8-9-4-1-2-5-10(9)11-13-6-3-7-14-11/h3,6-7H,1-2,4-5H2. The molecule has 0 spiro atoms. The van der Waals surface area contributed by atoms with Crippen molar-refractivity contribution in [3.8, 4) is 6.07 Å². The summed E-state index contributed by atoms with van der Waals surface area (Å²) in [7, 11) is 0. The molecule has 14 heavy (non-hydrogen) atoms. The lowest BCUT2D eigenvalue weighted by Gasteiger charge is -2.13. The van der Waals surface area contributed by atoms with Gasteiger partial charge in [0.05, 0.1) is 6.07 Å². The Hall–Kier alpha value is -1.69. The predicted molar refractivity (Wildman–Crippen MR) is 53.0 cm³/mol. The summed E-state index contributed by atoms with van der Waals surface area (Å²) in [4.78, 5) is 8.36. The lowest BCUT2D eigenvalue weighted by Crippen LogP contribution is -2.01. The maximum absolute atomic E-state index is 8.96. The smallest absolute Gasteiger partial charge is 0.155 e. The average molecular weight is 185 g/mol. The van der Waals surface area contributed by atoms with Crippen LogP contribution in [0.15, 0.2) is 24.0 Å². The monoisotopic (exact) mass is 185 g/mol. The van der Waals surface area contributed by atoms with Crippen molar-refractivity contribution >= 4 is 5.57 Å². The van der Waals surface area contributed by atoms with Crippen molar-refractivity contribution in [3.63, 3.8) is 0 Å². The summed E-state index contributed by atoms with van der Waals surface area (Å²) in [6, 6.07) is 4.04. The van der Waals surface area contributed by atoms with Crippen LogP contribution in [0.5, 0.6) is 0 Å². The first kappa shape index (κ1) is 8.89. The predicted octanol–water partition coefficient (Wildman–Crippen LogP) is 2.33. The molecule has 0 N–H and O–H groups in total. The molecule has 0 unspecified atom stereocenters. The van der Waals surface area contributed by atoms with E-state index in [1.165, 1.54) is 0 Å². The molecule has 1 heterocycles. The second kappa shape index (κ2) is 4.01. The highest BCUT2D eigenvalue weighted by Gasteiger charge is 2.15. The highest BCUT2D eigenvalue weighted by molar-refractivity contribution is 5.67. The van der Waals surface area contributed by atoms with Gasteiger partial charge in [0.15, 0.2) is 5.82 Å². The Morgan fingerprint density at radius 1 is 1.14 bits per heavy atom. The van der Waals surface area contributed by atoms with Crippen molar-refractivity contribution in [2.75, 3.05) is 0 Å². The zero-order chi connectivity index (χ0) is 9.80. The summed E-state index contributed by atoms with van der Waals surface area (Å²) in [6.07, 6.45) is 7.51. The first-order chi connectivity index (χ1) is 6.92. The maximum Gasteiger partial charge on any atom is 0.155 e. The Labute approximate surface area is 83.1 Å². The van der Waals surface area contributed by atoms with Crippen LogP contribution in [0.4, 0.5) is 0 Å². The van der Waals surface area contributed by atoms with Crippen molar-refractivity contribution in [3.05, 3.63) is 29.9 Å². The Morgan fingerprint density at radius 2 is 1.86 bits per heavy atom. The van der Waals surface area contributed by atoms with Crippen molar-refractivity contribution < 1.29 is 0 Å². The van der Waals surface area contributed by atoms with Crippen LogP contribution in [0, 0.1) is 11.3 Å². The third-order valence-corrected chi connectivity index (χ3v) is 2.44. The minimum absolute atomic E-state index is 0.726. The molecule has 0 atom stereocenters. The highest BCUT2D eigenvalue weighted by atomic mass is 14.9. The molecule has 0 aromatic carbocycles. The second-order valence-corrected chi connectivity index (χ2v) is 3.35. The van der Waals surface area contributed by atoms with Crippen LogP contribution in [0.3, 0.4) is 0 Å². The molecule has 0 radical (unpaired) electrons. The van der Waals surface area contributed by atoms with Gasteiger partial charge in [-0.15, -0.1) is 0 Å². The molecule has 3 nitrogen and oxygen atoms in total. The van der Waals surface area contributed by atoms with Crippen molar-refractivity contribution in [1.29, 1.82) is 5.26 Å². The van der Waals surface area contributed by atoms with Crippen molar-refractivity contribution in [2.24, 2.45) is 0 Å². The molecule has 0 aliphatic heterocycles. The maximum atomic E-state index is 8.96. The summed E-state index contributed by atoms with van der Waals surface area (Å²) in [5.41, 5.74) is 1.90. The molecular formula is C11H11N3. The second-order valence-electron chi connectivity index (χ2n) is 3.35. The summed E-state index contributed by atoms with van der Waals surface area (Å²) >= 11 is 0. The van der Waals surface area contributed by atoms with Crippen LogP contribution in [0.1, 0.15) is 31.5 Å². The minimum atomic E-state index is 0.726. The molecule has 1 aromatic rings. The molecular weight excluding hydrogens is 174 g/mol. The highest BCUT2D eigenvalue weighted by Crippen LogP contribution is 2.29. The van der Waals surface area contributed by atoms with Gasteiger partial charge < -0.3 is 0 Å². The van der Waals surface area contributed by atoms with Gasteiger partial charge in [-0.3, -0.25) is 0 Å². The van der Waals surface area contributed by atoms with Gasteiger partial charge in [-0.05, 0) is 31.7 Å². The fourth-order valence-electron chi connectivity index (χ4n) is 1.73. The molecule has 1 aliphatic carbocycles.